The van der Waals surface area contributed by atoms with Crippen LogP contribution in [0.1, 0.15) is 77.6 Å². The average molecular weight is 1110 g/mol. The van der Waals surface area contributed by atoms with E-state index in [1.54, 1.807) is 0 Å². The zero-order valence-electron chi connectivity index (χ0n) is 50.7. The summed E-state index contributed by atoms with van der Waals surface area (Å²) in [6, 6.07) is 97.2. The Hall–Kier alpha value is -9.88. The fraction of sp³-hybridized carbons (Fsp3) is 0.126. The van der Waals surface area contributed by atoms with Crippen LogP contribution in [0.3, 0.4) is 0 Å². The molecule has 0 saturated heterocycles. The smallest absolute Gasteiger partial charge is 0.0159 e. The highest BCUT2D eigenvalue weighted by atomic mass is 14.4. The fourth-order valence-corrected chi connectivity index (χ4v) is 16.1. The average Bonchev–Trinajstić information content (AvgIpc) is 1.59. The van der Waals surface area contributed by atoms with Gasteiger partial charge in [-0.05, 0) is 211 Å². The predicted molar refractivity (Wildman–Crippen MR) is 373 cm³/mol. The molecule has 0 amide bonds. The summed E-state index contributed by atoms with van der Waals surface area (Å²) in [6.45, 7) is 18.9. The van der Waals surface area contributed by atoms with Crippen molar-refractivity contribution in [2.75, 3.05) is 0 Å². The molecule has 0 heteroatoms. The van der Waals surface area contributed by atoms with Crippen molar-refractivity contribution in [3.05, 3.63) is 277 Å². The first kappa shape index (κ1) is 51.5. The quantitative estimate of drug-likeness (QED) is 0.156. The summed E-state index contributed by atoms with van der Waals surface area (Å²) in [4.78, 5) is 0. The summed E-state index contributed by atoms with van der Waals surface area (Å²) >= 11 is 0. The summed E-state index contributed by atoms with van der Waals surface area (Å²) in [5, 5.41) is 10.6. The van der Waals surface area contributed by atoms with Gasteiger partial charge in [0.15, 0.2) is 0 Å². The molecular formula is C87H66. The van der Waals surface area contributed by atoms with Gasteiger partial charge in [0.2, 0.25) is 0 Å². The number of fused-ring (bicyclic) bond motifs is 11. The highest BCUT2D eigenvalue weighted by Gasteiger charge is 2.38. The van der Waals surface area contributed by atoms with Crippen LogP contribution in [-0.2, 0) is 16.2 Å². The molecule has 414 valence electrons. The van der Waals surface area contributed by atoms with Gasteiger partial charge in [0.25, 0.3) is 0 Å². The highest BCUT2D eigenvalue weighted by Crippen LogP contribution is 2.61. The fourth-order valence-electron chi connectivity index (χ4n) is 16.1. The second kappa shape index (κ2) is 18.6. The van der Waals surface area contributed by atoms with Crippen molar-refractivity contribution >= 4 is 43.1 Å². The van der Waals surface area contributed by atoms with Gasteiger partial charge in [0.1, 0.15) is 0 Å². The van der Waals surface area contributed by atoms with Crippen LogP contribution in [0.15, 0.2) is 255 Å². The van der Waals surface area contributed by atoms with Crippen LogP contribution < -0.4 is 0 Å². The Balaban J connectivity index is 0.735. The van der Waals surface area contributed by atoms with Gasteiger partial charge in [-0.15, -0.1) is 0 Å². The van der Waals surface area contributed by atoms with Crippen molar-refractivity contribution in [3.8, 4) is 122 Å². The van der Waals surface area contributed by atoms with E-state index in [2.05, 4.69) is 310 Å². The van der Waals surface area contributed by atoms with Crippen molar-refractivity contribution in [2.45, 2.75) is 71.6 Å². The van der Waals surface area contributed by atoms with Gasteiger partial charge in [0, 0.05) is 5.41 Å². The molecule has 0 radical (unpaired) electrons. The molecule has 0 saturated carbocycles. The third-order valence-electron chi connectivity index (χ3n) is 20.0. The van der Waals surface area contributed by atoms with Gasteiger partial charge < -0.3 is 0 Å². The number of hydrogen-bond donors (Lipinski definition) is 0. The van der Waals surface area contributed by atoms with Crippen molar-refractivity contribution in [2.24, 2.45) is 0 Å². The molecule has 0 nitrogen and oxygen atoms in total. The summed E-state index contributed by atoms with van der Waals surface area (Å²) in [7, 11) is 0. The molecule has 0 aliphatic heterocycles. The molecule has 14 aromatic rings. The van der Waals surface area contributed by atoms with E-state index in [4.69, 9.17) is 0 Å². The van der Waals surface area contributed by atoms with Crippen LogP contribution in [0.5, 0.6) is 0 Å². The molecule has 14 aromatic carbocycles. The first-order valence-electron chi connectivity index (χ1n) is 31.2. The van der Waals surface area contributed by atoms with Crippen LogP contribution in [0.4, 0.5) is 0 Å². The Labute approximate surface area is 511 Å². The SMILES string of the molecule is CC(C)(C)c1ccc2c3c(cccc13)-c1c-2c(-c2ccc(-c3ccc4c(c3)C(C)(C)c3cc(-c5ccc(-c6c7c(c(-c8ccccc8)c8ccccc68)-c6cccc8c(C(C)(C)C)ccc-7c68)cc5)ccc3-4)cc2)c2ccccc2c1-c1ccccc1. The van der Waals surface area contributed by atoms with E-state index < -0.39 is 0 Å². The number of hydrogen-bond acceptors (Lipinski definition) is 0. The molecule has 0 N–H and O–H groups in total. The minimum Gasteiger partial charge on any atom is -0.0622 e. The molecule has 0 heterocycles. The van der Waals surface area contributed by atoms with Gasteiger partial charge in [-0.1, -0.05) is 298 Å². The Kier molecular flexibility index (Phi) is 11.0. The van der Waals surface area contributed by atoms with Gasteiger partial charge in [-0.3, -0.25) is 0 Å². The summed E-state index contributed by atoms with van der Waals surface area (Å²) in [6.07, 6.45) is 0. The largest absolute Gasteiger partial charge is 0.0622 e. The third kappa shape index (κ3) is 7.50. The molecule has 17 rings (SSSR count). The lowest BCUT2D eigenvalue weighted by Gasteiger charge is -2.23. The number of rotatable bonds is 6. The Morgan fingerprint density at radius 3 is 0.839 bits per heavy atom. The first-order chi connectivity index (χ1) is 42.2. The number of benzene rings is 14. The summed E-state index contributed by atoms with van der Waals surface area (Å²) in [5.74, 6) is 0. The normalized spacial score (nSPS) is 13.4. The van der Waals surface area contributed by atoms with E-state index in [1.807, 2.05) is 0 Å². The van der Waals surface area contributed by atoms with Crippen molar-refractivity contribution < 1.29 is 0 Å². The van der Waals surface area contributed by atoms with Gasteiger partial charge >= 0.3 is 0 Å². The van der Waals surface area contributed by atoms with Gasteiger partial charge in [0.05, 0.1) is 0 Å². The van der Waals surface area contributed by atoms with Crippen LogP contribution in [0, 0.1) is 0 Å². The van der Waals surface area contributed by atoms with E-state index >= 15 is 0 Å². The monoisotopic (exact) mass is 1110 g/mol. The Morgan fingerprint density at radius 2 is 0.494 bits per heavy atom. The minimum atomic E-state index is -0.206. The van der Waals surface area contributed by atoms with E-state index in [9.17, 15) is 0 Å². The molecule has 0 unspecified atom stereocenters. The Morgan fingerprint density at radius 1 is 0.218 bits per heavy atom. The minimum absolute atomic E-state index is 0.00239. The van der Waals surface area contributed by atoms with Crippen LogP contribution >= 0.6 is 0 Å². The molecule has 0 spiro atoms. The topological polar surface area (TPSA) is 0 Å². The first-order valence-corrected chi connectivity index (χ1v) is 31.2. The van der Waals surface area contributed by atoms with Gasteiger partial charge in [-0.25, -0.2) is 0 Å². The maximum atomic E-state index is 2.47. The van der Waals surface area contributed by atoms with Crippen molar-refractivity contribution in [1.82, 2.24) is 0 Å². The second-order valence-corrected chi connectivity index (χ2v) is 27.4. The molecule has 0 atom stereocenters. The van der Waals surface area contributed by atoms with Crippen LogP contribution in [0.25, 0.3) is 165 Å². The molecule has 0 aromatic heterocycles. The lowest BCUT2D eigenvalue weighted by atomic mass is 9.80. The van der Waals surface area contributed by atoms with Crippen LogP contribution in [0.2, 0.25) is 0 Å². The molecule has 87 heavy (non-hydrogen) atoms. The molecule has 3 aliphatic carbocycles. The third-order valence-corrected chi connectivity index (χ3v) is 20.0. The lowest BCUT2D eigenvalue weighted by Crippen LogP contribution is -2.15. The van der Waals surface area contributed by atoms with E-state index in [-0.39, 0.29) is 16.2 Å². The second-order valence-electron chi connectivity index (χ2n) is 27.4. The summed E-state index contributed by atoms with van der Waals surface area (Å²) < 4.78 is 0. The maximum Gasteiger partial charge on any atom is 0.0159 e. The molecule has 0 bridgehead atoms. The zero-order chi connectivity index (χ0) is 58.8. The summed E-state index contributed by atoms with van der Waals surface area (Å²) in [5.41, 5.74) is 33.7. The van der Waals surface area contributed by atoms with Crippen molar-refractivity contribution in [1.29, 1.82) is 0 Å². The molecule has 3 aliphatic rings. The van der Waals surface area contributed by atoms with E-state index in [0.29, 0.717) is 0 Å². The maximum absolute atomic E-state index is 2.47. The van der Waals surface area contributed by atoms with Crippen molar-refractivity contribution in [3.63, 3.8) is 0 Å². The lowest BCUT2D eigenvalue weighted by molar-refractivity contribution is 0.595. The van der Waals surface area contributed by atoms with E-state index in [1.165, 1.54) is 188 Å². The van der Waals surface area contributed by atoms with E-state index in [0.717, 1.165) is 0 Å². The van der Waals surface area contributed by atoms with Gasteiger partial charge in [-0.2, -0.15) is 0 Å². The standard InChI is InChI=1S/C87H66/c1-85(2,3)71-47-45-69-79-65(71)29-19-31-67(79)81-75(53-21-11-9-12-22-53)61-25-15-17-27-63(61)77(83(69)81)55-37-33-51(34-38-55)57-41-43-59-60-44-42-58(50-74(60)87(7,8)73(59)49-57)52-35-39-56(40-36-52)78-64-28-18-16-26-62(64)76(54-23-13-10-14-24-54)82-68-32-20-30-66-72(86(4,5)6)48-46-70(80(66)68)84(78)82/h9-50H,1-8H3. The predicted octanol–water partition coefficient (Wildman–Crippen LogP) is 24.5. The Bertz CT molecular complexity index is 4920. The zero-order valence-corrected chi connectivity index (χ0v) is 50.7. The molecular weight excluding hydrogens is 1040 g/mol. The molecule has 0 fully saturated rings. The van der Waals surface area contributed by atoms with Crippen LogP contribution in [-0.4, -0.2) is 0 Å². The highest BCUT2D eigenvalue weighted by molar-refractivity contribution is 6.29.